The topological polar surface area (TPSA) is 46.5 Å². The molecule has 0 aliphatic heterocycles. The summed E-state index contributed by atoms with van der Waals surface area (Å²) in [5, 5.41) is 9.38. The van der Waals surface area contributed by atoms with Crippen molar-refractivity contribution >= 4 is 17.6 Å². The van der Waals surface area contributed by atoms with E-state index in [1.165, 1.54) is 0 Å². The zero-order chi connectivity index (χ0) is 11.7. The van der Waals surface area contributed by atoms with Crippen molar-refractivity contribution in [1.82, 2.24) is 0 Å². The molecule has 0 fully saturated rings. The zero-order valence-corrected chi connectivity index (χ0v) is 10.1. The van der Waals surface area contributed by atoms with E-state index in [1.54, 1.807) is 0 Å². The van der Waals surface area contributed by atoms with E-state index < -0.39 is 5.97 Å². The van der Waals surface area contributed by atoms with Crippen LogP contribution in [0.1, 0.15) is 39.5 Å². The minimum Gasteiger partial charge on any atom is -0.481 e. The largest absolute Gasteiger partial charge is 0.481 e. The van der Waals surface area contributed by atoms with Crippen LogP contribution in [0.4, 0.5) is 0 Å². The molecule has 0 aromatic heterocycles. The summed E-state index contributed by atoms with van der Waals surface area (Å²) in [6.07, 6.45) is 4.23. The predicted molar refractivity (Wildman–Crippen MR) is 61.1 cm³/mol. The Kier molecular flexibility index (Phi) is 8.43. The molecule has 1 N–H and O–H groups in total. The lowest BCUT2D eigenvalue weighted by atomic mass is 10.1. The van der Waals surface area contributed by atoms with Crippen molar-refractivity contribution in [3.63, 3.8) is 0 Å². The summed E-state index contributed by atoms with van der Waals surface area (Å²) in [4.78, 5) is 10.5. The Morgan fingerprint density at radius 3 is 2.73 bits per heavy atom. The van der Waals surface area contributed by atoms with Crippen molar-refractivity contribution in [3.8, 4) is 0 Å². The van der Waals surface area contributed by atoms with Gasteiger partial charge in [0, 0.05) is 5.03 Å². The van der Waals surface area contributed by atoms with Crippen molar-refractivity contribution < 1.29 is 14.6 Å². The average Bonchev–Trinajstić information content (AvgIpc) is 2.11. The number of rotatable bonds is 8. The van der Waals surface area contributed by atoms with E-state index in [-0.39, 0.29) is 12.5 Å². The van der Waals surface area contributed by atoms with Gasteiger partial charge in [0.2, 0.25) is 0 Å². The number of carboxylic acids is 1. The quantitative estimate of drug-likeness (QED) is 0.656. The third-order valence-electron chi connectivity index (χ3n) is 1.91. The molecule has 0 saturated carbocycles. The Morgan fingerprint density at radius 2 is 2.27 bits per heavy atom. The lowest BCUT2D eigenvalue weighted by Gasteiger charge is -2.14. The molecule has 0 heterocycles. The molecule has 15 heavy (non-hydrogen) atoms. The fraction of sp³-hybridized carbons (Fsp3) is 0.727. The fourth-order valence-electron chi connectivity index (χ4n) is 1.25. The number of carbonyl (C=O) groups is 1. The van der Waals surface area contributed by atoms with Gasteiger partial charge >= 0.3 is 5.97 Å². The molecule has 0 aromatic carbocycles. The average molecular weight is 235 g/mol. The minimum atomic E-state index is -0.808. The Labute approximate surface area is 96.1 Å². The lowest BCUT2D eigenvalue weighted by Crippen LogP contribution is -2.17. The van der Waals surface area contributed by atoms with E-state index in [4.69, 9.17) is 21.4 Å². The molecule has 0 aliphatic rings. The van der Waals surface area contributed by atoms with Gasteiger partial charge < -0.3 is 9.84 Å². The summed E-state index contributed by atoms with van der Waals surface area (Å²) in [6.45, 7) is 4.35. The summed E-state index contributed by atoms with van der Waals surface area (Å²) >= 11 is 5.65. The predicted octanol–water partition coefficient (Wildman–Crippen LogP) is 3.18. The van der Waals surface area contributed by atoms with Gasteiger partial charge in [-0.15, -0.1) is 0 Å². The van der Waals surface area contributed by atoms with Crippen molar-refractivity contribution in [3.05, 3.63) is 11.1 Å². The zero-order valence-electron chi connectivity index (χ0n) is 9.33. The Hall–Kier alpha value is -0.540. The van der Waals surface area contributed by atoms with E-state index >= 15 is 0 Å². The molecule has 0 amide bonds. The van der Waals surface area contributed by atoms with E-state index in [2.05, 4.69) is 0 Å². The van der Waals surface area contributed by atoms with Crippen molar-refractivity contribution in [2.45, 2.75) is 45.6 Å². The Morgan fingerprint density at radius 1 is 1.60 bits per heavy atom. The van der Waals surface area contributed by atoms with Crippen LogP contribution in [0.15, 0.2) is 11.1 Å². The van der Waals surface area contributed by atoms with E-state index in [9.17, 15) is 4.79 Å². The second-order valence-corrected chi connectivity index (χ2v) is 4.06. The van der Waals surface area contributed by atoms with Gasteiger partial charge in [-0.1, -0.05) is 31.0 Å². The molecule has 1 unspecified atom stereocenters. The van der Waals surface area contributed by atoms with Gasteiger partial charge in [0.15, 0.2) is 0 Å². The van der Waals surface area contributed by atoms with Gasteiger partial charge in [0.05, 0.1) is 19.1 Å². The van der Waals surface area contributed by atoms with Crippen LogP contribution >= 0.6 is 11.6 Å². The molecule has 0 bridgehead atoms. The first-order valence-corrected chi connectivity index (χ1v) is 5.59. The second kappa shape index (κ2) is 8.74. The van der Waals surface area contributed by atoms with Gasteiger partial charge in [-0.05, 0) is 19.8 Å². The highest BCUT2D eigenvalue weighted by Gasteiger charge is 2.11. The summed E-state index contributed by atoms with van der Waals surface area (Å²) in [7, 11) is 0. The Bertz CT molecular complexity index is 210. The monoisotopic (exact) mass is 234 g/mol. The molecule has 0 aliphatic carbocycles. The number of allylic oxidation sites excluding steroid dienone is 1. The molecular weight excluding hydrogens is 216 g/mol. The van der Waals surface area contributed by atoms with Crippen LogP contribution in [0.3, 0.4) is 0 Å². The van der Waals surface area contributed by atoms with Crippen molar-refractivity contribution in [2.75, 3.05) is 6.61 Å². The van der Waals surface area contributed by atoms with Gasteiger partial charge in [0.25, 0.3) is 0 Å². The van der Waals surface area contributed by atoms with Crippen LogP contribution in [0.2, 0.25) is 0 Å². The molecule has 0 aromatic rings. The molecule has 0 spiro atoms. The number of hydrogen-bond donors (Lipinski definition) is 1. The van der Waals surface area contributed by atoms with Crippen molar-refractivity contribution in [1.29, 1.82) is 0 Å². The summed E-state index contributed by atoms with van der Waals surface area (Å²) in [5.41, 5.74) is 0. The number of carboxylic acid groups (broad SMARTS) is 1. The smallest absolute Gasteiger partial charge is 0.305 e. The SMILES string of the molecule is CCCC(CC(=O)O)OCCC=C(C)Cl. The molecule has 4 heteroatoms. The number of halogens is 1. The molecule has 88 valence electrons. The number of aliphatic carboxylic acids is 1. The number of hydrogen-bond acceptors (Lipinski definition) is 2. The van der Waals surface area contributed by atoms with Crippen LogP contribution < -0.4 is 0 Å². The van der Waals surface area contributed by atoms with E-state index in [0.29, 0.717) is 6.61 Å². The highest BCUT2D eigenvalue weighted by molar-refractivity contribution is 6.29. The second-order valence-electron chi connectivity index (χ2n) is 3.46. The van der Waals surface area contributed by atoms with Crippen LogP contribution in [0.5, 0.6) is 0 Å². The first-order chi connectivity index (χ1) is 7.06. The van der Waals surface area contributed by atoms with Crippen molar-refractivity contribution in [2.24, 2.45) is 0 Å². The minimum absolute atomic E-state index is 0.0808. The maximum atomic E-state index is 10.5. The first-order valence-electron chi connectivity index (χ1n) is 5.22. The third kappa shape index (κ3) is 9.76. The standard InChI is InChI=1S/C11H19ClO3/c1-3-5-10(8-11(13)14)15-7-4-6-9(2)12/h6,10H,3-5,7-8H2,1-2H3,(H,13,14). The molecule has 1 atom stereocenters. The normalized spacial score (nSPS) is 13.9. The highest BCUT2D eigenvalue weighted by Crippen LogP contribution is 2.08. The maximum absolute atomic E-state index is 10.5. The molecular formula is C11H19ClO3. The van der Waals surface area contributed by atoms with Crippen LogP contribution in [-0.2, 0) is 9.53 Å². The summed E-state index contributed by atoms with van der Waals surface area (Å²) in [6, 6.07) is 0. The fourth-order valence-corrected chi connectivity index (χ4v) is 1.36. The van der Waals surface area contributed by atoms with Gasteiger partial charge in [-0.3, -0.25) is 4.79 Å². The first kappa shape index (κ1) is 14.5. The molecule has 3 nitrogen and oxygen atoms in total. The van der Waals surface area contributed by atoms with Crippen LogP contribution in [0, 0.1) is 0 Å². The molecule has 0 rings (SSSR count). The van der Waals surface area contributed by atoms with E-state index in [0.717, 1.165) is 24.3 Å². The van der Waals surface area contributed by atoms with Crippen LogP contribution in [0.25, 0.3) is 0 Å². The van der Waals surface area contributed by atoms with E-state index in [1.807, 2.05) is 19.9 Å². The number of ether oxygens (including phenoxy) is 1. The maximum Gasteiger partial charge on any atom is 0.305 e. The lowest BCUT2D eigenvalue weighted by molar-refractivity contribution is -0.140. The third-order valence-corrected chi connectivity index (χ3v) is 2.06. The van der Waals surface area contributed by atoms with Gasteiger partial charge in [0.1, 0.15) is 0 Å². The molecule has 0 saturated heterocycles. The summed E-state index contributed by atoms with van der Waals surface area (Å²) in [5.74, 6) is -0.808. The highest BCUT2D eigenvalue weighted by atomic mass is 35.5. The van der Waals surface area contributed by atoms with Gasteiger partial charge in [-0.2, -0.15) is 0 Å². The van der Waals surface area contributed by atoms with Crippen LogP contribution in [-0.4, -0.2) is 23.8 Å². The Balaban J connectivity index is 3.75. The summed E-state index contributed by atoms with van der Waals surface area (Å²) < 4.78 is 5.46. The molecule has 0 radical (unpaired) electrons. The van der Waals surface area contributed by atoms with Gasteiger partial charge in [-0.25, -0.2) is 0 Å².